The summed E-state index contributed by atoms with van der Waals surface area (Å²) in [5.74, 6) is 2.29. The van der Waals surface area contributed by atoms with E-state index in [1.165, 1.54) is 12.8 Å². The van der Waals surface area contributed by atoms with Crippen LogP contribution in [0.5, 0.6) is 0 Å². The molecule has 2 heterocycles. The number of rotatable bonds is 6. The smallest absolute Gasteiger partial charge is 0.286 e. The predicted molar refractivity (Wildman–Crippen MR) is 95.1 cm³/mol. The highest BCUT2D eigenvalue weighted by Gasteiger charge is 2.35. The molecule has 25 heavy (non-hydrogen) atoms. The van der Waals surface area contributed by atoms with Crippen LogP contribution < -0.4 is 5.32 Å². The number of furan rings is 1. The van der Waals surface area contributed by atoms with Crippen LogP contribution in [-0.2, 0) is 11.3 Å². The van der Waals surface area contributed by atoms with E-state index in [4.69, 9.17) is 4.42 Å². The van der Waals surface area contributed by atoms with Gasteiger partial charge in [0.25, 0.3) is 5.91 Å². The maximum Gasteiger partial charge on any atom is 0.286 e. The van der Waals surface area contributed by atoms with Gasteiger partial charge in [0, 0.05) is 39.1 Å². The number of carbonyl (C=O) groups is 2. The van der Waals surface area contributed by atoms with E-state index in [1.54, 1.807) is 13.1 Å². The predicted octanol–water partition coefficient (Wildman–Crippen LogP) is 2.11. The van der Waals surface area contributed by atoms with Gasteiger partial charge >= 0.3 is 0 Å². The van der Waals surface area contributed by atoms with Gasteiger partial charge in [0.2, 0.25) is 5.91 Å². The highest BCUT2D eigenvalue weighted by atomic mass is 16.4. The first-order valence-corrected chi connectivity index (χ1v) is 9.30. The van der Waals surface area contributed by atoms with E-state index >= 15 is 0 Å². The Morgan fingerprint density at radius 3 is 2.76 bits per heavy atom. The van der Waals surface area contributed by atoms with Gasteiger partial charge in [-0.25, -0.2) is 0 Å². The van der Waals surface area contributed by atoms with Gasteiger partial charge in [0.15, 0.2) is 5.76 Å². The highest BCUT2D eigenvalue weighted by molar-refractivity contribution is 5.91. The molecule has 2 amide bonds. The van der Waals surface area contributed by atoms with Crippen LogP contribution in [-0.4, -0.2) is 54.3 Å². The molecule has 1 aromatic rings. The van der Waals surface area contributed by atoms with Gasteiger partial charge < -0.3 is 14.6 Å². The molecule has 1 unspecified atom stereocenters. The van der Waals surface area contributed by atoms with E-state index in [0.29, 0.717) is 30.6 Å². The summed E-state index contributed by atoms with van der Waals surface area (Å²) < 4.78 is 5.65. The topological polar surface area (TPSA) is 65.8 Å². The average molecular weight is 347 g/mol. The van der Waals surface area contributed by atoms with Crippen LogP contribution in [0.1, 0.15) is 49.4 Å². The summed E-state index contributed by atoms with van der Waals surface area (Å²) in [7, 11) is 1.59. The van der Waals surface area contributed by atoms with Gasteiger partial charge in [0.1, 0.15) is 5.76 Å². The fourth-order valence-electron chi connectivity index (χ4n) is 3.50. The van der Waals surface area contributed by atoms with E-state index in [1.807, 2.05) is 6.07 Å². The Bertz CT molecular complexity index is 621. The van der Waals surface area contributed by atoms with Crippen molar-refractivity contribution < 1.29 is 14.0 Å². The molecule has 3 rings (SSSR count). The summed E-state index contributed by atoms with van der Waals surface area (Å²) in [6, 6.07) is 3.80. The minimum absolute atomic E-state index is 0.215. The first-order valence-electron chi connectivity index (χ1n) is 9.30. The van der Waals surface area contributed by atoms with Crippen molar-refractivity contribution >= 4 is 11.8 Å². The van der Waals surface area contributed by atoms with Crippen molar-refractivity contribution in [1.29, 1.82) is 0 Å². The molecular formula is C19H29N3O3. The Morgan fingerprint density at radius 1 is 1.36 bits per heavy atom. The fraction of sp³-hybridized carbons (Fsp3) is 0.684. The molecule has 2 fully saturated rings. The zero-order valence-corrected chi connectivity index (χ0v) is 15.5. The minimum atomic E-state index is -0.215. The zero-order chi connectivity index (χ0) is 18.0. The van der Waals surface area contributed by atoms with Crippen LogP contribution in [0.3, 0.4) is 0 Å². The normalized spacial score (nSPS) is 22.3. The molecule has 138 valence electrons. The number of hydrogen-bond donors (Lipinski definition) is 1. The molecule has 1 saturated heterocycles. The van der Waals surface area contributed by atoms with Crippen LogP contribution in [0.4, 0.5) is 0 Å². The van der Waals surface area contributed by atoms with Gasteiger partial charge in [-0.2, -0.15) is 0 Å². The van der Waals surface area contributed by atoms with Crippen molar-refractivity contribution in [2.75, 3.05) is 26.7 Å². The summed E-state index contributed by atoms with van der Waals surface area (Å²) in [6.45, 7) is 7.52. The Balaban J connectivity index is 1.68. The van der Waals surface area contributed by atoms with Crippen molar-refractivity contribution in [1.82, 2.24) is 15.1 Å². The summed E-state index contributed by atoms with van der Waals surface area (Å²) in [5.41, 5.74) is 0. The molecule has 0 radical (unpaired) electrons. The SMILES string of the molecule is CNC(=O)c1ccc(CN2CCC(=O)N(CC3CC3)C(C(C)C)C2)o1. The third-order valence-corrected chi connectivity index (χ3v) is 5.22. The first-order chi connectivity index (χ1) is 12.0. The Hall–Kier alpha value is -1.82. The summed E-state index contributed by atoms with van der Waals surface area (Å²) in [4.78, 5) is 28.7. The number of amides is 2. The zero-order valence-electron chi connectivity index (χ0n) is 15.5. The second-order valence-electron chi connectivity index (χ2n) is 7.63. The molecule has 1 saturated carbocycles. The number of nitrogens with one attached hydrogen (secondary N) is 1. The summed E-state index contributed by atoms with van der Waals surface area (Å²) >= 11 is 0. The third kappa shape index (κ3) is 4.42. The molecule has 1 atom stereocenters. The van der Waals surface area contributed by atoms with Crippen LogP contribution in [0, 0.1) is 11.8 Å². The average Bonchev–Trinajstić information content (AvgIpc) is 3.32. The molecule has 2 aliphatic rings. The second kappa shape index (κ2) is 7.60. The number of carbonyl (C=O) groups excluding carboxylic acids is 2. The van der Waals surface area contributed by atoms with E-state index in [-0.39, 0.29) is 17.9 Å². The lowest BCUT2D eigenvalue weighted by atomic mass is 10.0. The van der Waals surface area contributed by atoms with Gasteiger partial charge in [0.05, 0.1) is 6.54 Å². The maximum atomic E-state index is 12.6. The quantitative estimate of drug-likeness (QED) is 0.856. The lowest BCUT2D eigenvalue weighted by Crippen LogP contribution is -2.47. The van der Waals surface area contributed by atoms with E-state index in [2.05, 4.69) is 29.0 Å². The largest absolute Gasteiger partial charge is 0.455 e. The summed E-state index contributed by atoms with van der Waals surface area (Å²) in [5, 5.41) is 2.57. The standard InChI is InChI=1S/C19H29N3O3/c1-13(2)16-12-21(9-8-18(23)22(16)10-14-4-5-14)11-15-6-7-17(25-15)19(24)20-3/h6-7,13-14,16H,4-5,8-12H2,1-3H3,(H,20,24). The molecule has 0 aromatic carbocycles. The van der Waals surface area contributed by atoms with Gasteiger partial charge in [-0.1, -0.05) is 13.8 Å². The molecule has 1 aliphatic heterocycles. The fourth-order valence-corrected chi connectivity index (χ4v) is 3.50. The van der Waals surface area contributed by atoms with Crippen molar-refractivity contribution in [2.45, 2.75) is 45.7 Å². The van der Waals surface area contributed by atoms with Crippen molar-refractivity contribution in [2.24, 2.45) is 11.8 Å². The molecule has 1 aliphatic carbocycles. The van der Waals surface area contributed by atoms with E-state index in [9.17, 15) is 9.59 Å². The first kappa shape index (κ1) is 18.0. The molecule has 1 N–H and O–H groups in total. The van der Waals surface area contributed by atoms with Crippen LogP contribution in [0.2, 0.25) is 0 Å². The summed E-state index contributed by atoms with van der Waals surface area (Å²) in [6.07, 6.45) is 3.07. The number of hydrogen-bond acceptors (Lipinski definition) is 4. The maximum absolute atomic E-state index is 12.6. The molecule has 0 bridgehead atoms. The van der Waals surface area contributed by atoms with Crippen LogP contribution >= 0.6 is 0 Å². The third-order valence-electron chi connectivity index (χ3n) is 5.22. The minimum Gasteiger partial charge on any atom is -0.455 e. The highest BCUT2D eigenvalue weighted by Crippen LogP contribution is 2.32. The molecule has 6 nitrogen and oxygen atoms in total. The lowest BCUT2D eigenvalue weighted by molar-refractivity contribution is -0.133. The van der Waals surface area contributed by atoms with Crippen molar-refractivity contribution in [3.05, 3.63) is 23.7 Å². The molecular weight excluding hydrogens is 318 g/mol. The molecule has 6 heteroatoms. The van der Waals surface area contributed by atoms with Gasteiger partial charge in [-0.05, 0) is 36.8 Å². The molecule has 1 aromatic heterocycles. The van der Waals surface area contributed by atoms with Crippen LogP contribution in [0.15, 0.2) is 16.5 Å². The number of nitrogens with zero attached hydrogens (tertiary/aromatic N) is 2. The lowest BCUT2D eigenvalue weighted by Gasteiger charge is -2.34. The van der Waals surface area contributed by atoms with Crippen molar-refractivity contribution in [3.63, 3.8) is 0 Å². The van der Waals surface area contributed by atoms with Crippen molar-refractivity contribution in [3.8, 4) is 0 Å². The second-order valence-corrected chi connectivity index (χ2v) is 7.63. The Labute approximate surface area is 149 Å². The van der Waals surface area contributed by atoms with Gasteiger partial charge in [-0.3, -0.25) is 14.5 Å². The van der Waals surface area contributed by atoms with E-state index in [0.717, 1.165) is 25.4 Å². The molecule has 0 spiro atoms. The van der Waals surface area contributed by atoms with Gasteiger partial charge in [-0.15, -0.1) is 0 Å². The Morgan fingerprint density at radius 2 is 2.12 bits per heavy atom. The monoisotopic (exact) mass is 347 g/mol. The van der Waals surface area contributed by atoms with E-state index < -0.39 is 0 Å². The van der Waals surface area contributed by atoms with Crippen LogP contribution in [0.25, 0.3) is 0 Å². The Kier molecular flexibility index (Phi) is 5.47.